The molecule has 1 heterocycles. The monoisotopic (exact) mass is 446 g/mol. The Hall–Kier alpha value is -3.31. The molecule has 11 heteroatoms. The molecule has 1 amide bonds. The number of aromatic nitrogens is 2. The van der Waals surface area contributed by atoms with Crippen LogP contribution in [0.15, 0.2) is 53.4 Å². The Labute approximate surface area is 177 Å². The second kappa shape index (κ2) is 9.01. The number of esters is 1. The van der Waals surface area contributed by atoms with Crippen LogP contribution >= 0.6 is 11.3 Å². The van der Waals surface area contributed by atoms with E-state index in [9.17, 15) is 18.0 Å². The minimum absolute atomic E-state index is 0.00839. The molecule has 3 rings (SSSR count). The van der Waals surface area contributed by atoms with E-state index in [0.29, 0.717) is 12.1 Å². The quantitative estimate of drug-likeness (QED) is 0.422. The molecule has 156 valence electrons. The summed E-state index contributed by atoms with van der Waals surface area (Å²) in [5.74, 6) is -0.908. The number of carbonyl (C=O) groups excluding carboxylic acids is 2. The molecule has 3 aromatic rings. The highest BCUT2D eigenvalue weighted by Crippen LogP contribution is 2.23. The summed E-state index contributed by atoms with van der Waals surface area (Å²) < 4.78 is 32.4. The lowest BCUT2D eigenvalue weighted by Crippen LogP contribution is -2.15. The van der Waals surface area contributed by atoms with Crippen LogP contribution in [0.3, 0.4) is 0 Å². The molecule has 0 saturated carbocycles. The van der Waals surface area contributed by atoms with Crippen LogP contribution in [-0.4, -0.2) is 30.5 Å². The van der Waals surface area contributed by atoms with Crippen LogP contribution in [0.25, 0.3) is 0 Å². The highest BCUT2D eigenvalue weighted by Gasteiger charge is 2.18. The van der Waals surface area contributed by atoms with Crippen LogP contribution in [0, 0.1) is 0 Å². The van der Waals surface area contributed by atoms with Crippen molar-refractivity contribution in [3.63, 3.8) is 0 Å². The smallest absolute Gasteiger partial charge is 0.308 e. The van der Waals surface area contributed by atoms with Crippen LogP contribution in [-0.2, 0) is 21.2 Å². The van der Waals surface area contributed by atoms with Crippen molar-refractivity contribution in [1.29, 1.82) is 0 Å². The third-order valence-corrected chi connectivity index (χ3v) is 6.27. The summed E-state index contributed by atoms with van der Waals surface area (Å²) in [4.78, 5) is 23.7. The second-order valence-corrected chi connectivity index (χ2v) is 8.77. The number of amides is 1. The van der Waals surface area contributed by atoms with Gasteiger partial charge in [-0.2, -0.15) is 0 Å². The molecule has 0 radical (unpaired) electrons. The van der Waals surface area contributed by atoms with Crippen LogP contribution in [0.5, 0.6) is 5.75 Å². The van der Waals surface area contributed by atoms with Gasteiger partial charge in [0.05, 0.1) is 10.5 Å². The highest BCUT2D eigenvalue weighted by atomic mass is 32.2. The fourth-order valence-electron chi connectivity index (χ4n) is 2.43. The SMILES string of the molecule is CCc1nnc(NS(=O)(=O)c2ccc(NC(=O)c3ccccc3OC(C)=O)cc2)s1. The zero-order valence-corrected chi connectivity index (χ0v) is 17.7. The zero-order chi connectivity index (χ0) is 21.7. The van der Waals surface area contributed by atoms with E-state index in [1.807, 2.05) is 6.92 Å². The molecule has 0 aliphatic rings. The molecule has 0 aliphatic carbocycles. The maximum atomic E-state index is 12.5. The third kappa shape index (κ3) is 5.19. The topological polar surface area (TPSA) is 127 Å². The van der Waals surface area contributed by atoms with E-state index >= 15 is 0 Å². The van der Waals surface area contributed by atoms with Gasteiger partial charge >= 0.3 is 5.97 Å². The lowest BCUT2D eigenvalue weighted by molar-refractivity contribution is -0.131. The predicted octanol–water partition coefficient (Wildman–Crippen LogP) is 3.08. The van der Waals surface area contributed by atoms with E-state index in [4.69, 9.17) is 4.74 Å². The number of hydrogen-bond acceptors (Lipinski definition) is 8. The van der Waals surface area contributed by atoms with Gasteiger partial charge in [0.2, 0.25) is 5.13 Å². The molecular weight excluding hydrogens is 428 g/mol. The Kier molecular flexibility index (Phi) is 6.43. The van der Waals surface area contributed by atoms with Gasteiger partial charge < -0.3 is 10.1 Å². The molecule has 0 fully saturated rings. The number of anilines is 2. The van der Waals surface area contributed by atoms with Gasteiger partial charge in [-0.3, -0.25) is 14.3 Å². The number of nitrogens with zero attached hydrogens (tertiary/aromatic N) is 2. The Morgan fingerprint density at radius 3 is 2.40 bits per heavy atom. The zero-order valence-electron chi connectivity index (χ0n) is 16.1. The van der Waals surface area contributed by atoms with Gasteiger partial charge in [-0.1, -0.05) is 30.4 Å². The average molecular weight is 447 g/mol. The third-order valence-electron chi connectivity index (χ3n) is 3.80. The van der Waals surface area contributed by atoms with Crippen LogP contribution in [0.1, 0.15) is 29.2 Å². The van der Waals surface area contributed by atoms with Gasteiger partial charge in [0.25, 0.3) is 15.9 Å². The lowest BCUT2D eigenvalue weighted by atomic mass is 10.2. The largest absolute Gasteiger partial charge is 0.426 e. The van der Waals surface area contributed by atoms with Crippen LogP contribution < -0.4 is 14.8 Å². The average Bonchev–Trinajstić information content (AvgIpc) is 3.15. The Morgan fingerprint density at radius 2 is 1.77 bits per heavy atom. The number of ether oxygens (including phenoxy) is 1. The molecule has 2 N–H and O–H groups in total. The Balaban J connectivity index is 1.73. The molecule has 1 aromatic heterocycles. The van der Waals surface area contributed by atoms with Gasteiger partial charge in [-0.25, -0.2) is 8.42 Å². The number of rotatable bonds is 7. The highest BCUT2D eigenvalue weighted by molar-refractivity contribution is 7.93. The summed E-state index contributed by atoms with van der Waals surface area (Å²) in [5, 5.41) is 11.2. The van der Waals surface area contributed by atoms with E-state index < -0.39 is 21.9 Å². The molecule has 0 unspecified atom stereocenters. The summed E-state index contributed by atoms with van der Waals surface area (Å²) in [6.45, 7) is 3.14. The molecule has 0 saturated heterocycles. The van der Waals surface area contributed by atoms with E-state index in [1.54, 1.807) is 12.1 Å². The maximum Gasteiger partial charge on any atom is 0.308 e. The molecule has 0 bridgehead atoms. The molecule has 0 atom stereocenters. The first-order chi connectivity index (χ1) is 14.3. The number of aryl methyl sites for hydroxylation is 1. The van der Waals surface area contributed by atoms with E-state index in [2.05, 4.69) is 20.2 Å². The van der Waals surface area contributed by atoms with Crippen molar-refractivity contribution in [3.8, 4) is 5.75 Å². The number of carbonyl (C=O) groups is 2. The predicted molar refractivity (Wildman–Crippen MR) is 112 cm³/mol. The summed E-state index contributed by atoms with van der Waals surface area (Å²) >= 11 is 1.16. The minimum Gasteiger partial charge on any atom is -0.426 e. The van der Waals surface area contributed by atoms with Crippen LogP contribution in [0.2, 0.25) is 0 Å². The molecule has 2 aromatic carbocycles. The molecule has 0 spiro atoms. The van der Waals surface area contributed by atoms with Crippen molar-refractivity contribution >= 4 is 44.1 Å². The first-order valence-corrected chi connectivity index (χ1v) is 11.1. The molecular formula is C19H18N4O5S2. The van der Waals surface area contributed by atoms with Crippen molar-refractivity contribution in [1.82, 2.24) is 10.2 Å². The van der Waals surface area contributed by atoms with Gasteiger partial charge in [-0.15, -0.1) is 10.2 Å². The number of sulfonamides is 1. The number of nitrogens with one attached hydrogen (secondary N) is 2. The van der Waals surface area contributed by atoms with Gasteiger partial charge in [0.1, 0.15) is 10.8 Å². The normalized spacial score (nSPS) is 11.0. The lowest BCUT2D eigenvalue weighted by Gasteiger charge is -2.10. The summed E-state index contributed by atoms with van der Waals surface area (Å²) in [6, 6.07) is 11.9. The first kappa shape index (κ1) is 21.4. The van der Waals surface area contributed by atoms with Crippen molar-refractivity contribution in [2.45, 2.75) is 25.2 Å². The minimum atomic E-state index is -3.84. The van der Waals surface area contributed by atoms with Gasteiger partial charge in [-0.05, 0) is 42.8 Å². The van der Waals surface area contributed by atoms with Crippen molar-refractivity contribution in [3.05, 3.63) is 59.1 Å². The van der Waals surface area contributed by atoms with E-state index in [-0.39, 0.29) is 21.3 Å². The van der Waals surface area contributed by atoms with Crippen LogP contribution in [0.4, 0.5) is 10.8 Å². The molecule has 9 nitrogen and oxygen atoms in total. The van der Waals surface area contributed by atoms with Crippen molar-refractivity contribution in [2.24, 2.45) is 0 Å². The molecule has 0 aliphatic heterocycles. The summed E-state index contributed by atoms with van der Waals surface area (Å²) in [6.07, 6.45) is 0.661. The summed E-state index contributed by atoms with van der Waals surface area (Å²) in [7, 11) is -3.84. The number of hydrogen-bond donors (Lipinski definition) is 2. The number of benzene rings is 2. The Bertz CT molecular complexity index is 1170. The summed E-state index contributed by atoms with van der Waals surface area (Å²) in [5.41, 5.74) is 0.551. The van der Waals surface area contributed by atoms with Gasteiger partial charge in [0.15, 0.2) is 0 Å². The van der Waals surface area contributed by atoms with E-state index in [0.717, 1.165) is 16.3 Å². The fourth-order valence-corrected chi connectivity index (χ4v) is 4.34. The number of para-hydroxylation sites is 1. The van der Waals surface area contributed by atoms with Gasteiger partial charge in [0, 0.05) is 12.6 Å². The van der Waals surface area contributed by atoms with Crippen molar-refractivity contribution < 1.29 is 22.7 Å². The second-order valence-electron chi connectivity index (χ2n) is 6.03. The Morgan fingerprint density at radius 1 is 1.07 bits per heavy atom. The van der Waals surface area contributed by atoms with E-state index in [1.165, 1.54) is 43.3 Å². The fraction of sp³-hybridized carbons (Fsp3) is 0.158. The standard InChI is InChI=1S/C19H18N4O5S2/c1-3-17-21-22-19(29-17)23-30(26,27)14-10-8-13(9-11-14)20-18(25)15-6-4-5-7-16(15)28-12(2)24/h4-11H,3H2,1-2H3,(H,20,25)(H,22,23). The van der Waals surface area contributed by atoms with Crippen molar-refractivity contribution in [2.75, 3.05) is 10.0 Å². The molecule has 30 heavy (non-hydrogen) atoms. The first-order valence-electron chi connectivity index (χ1n) is 8.82. The maximum absolute atomic E-state index is 12.5.